The number of aryl methyl sites for hydroxylation is 1. The van der Waals surface area contributed by atoms with E-state index < -0.39 is 0 Å². The molecule has 68 valence electrons. The molecular formula is C8H10N4S. The van der Waals surface area contributed by atoms with Crippen LogP contribution in [-0.2, 0) is 6.42 Å². The Labute approximate surface area is 80.4 Å². The zero-order valence-electron chi connectivity index (χ0n) is 7.29. The van der Waals surface area contributed by atoms with Crippen LogP contribution in [0, 0.1) is 4.64 Å². The van der Waals surface area contributed by atoms with Crippen LogP contribution in [0.15, 0.2) is 6.33 Å². The highest BCUT2D eigenvalue weighted by Gasteiger charge is 2.05. The molecule has 0 aromatic carbocycles. The van der Waals surface area contributed by atoms with Gasteiger partial charge in [0, 0.05) is 0 Å². The lowest BCUT2D eigenvalue weighted by atomic mass is 10.2. The van der Waals surface area contributed by atoms with Gasteiger partial charge in [-0.1, -0.05) is 25.6 Å². The van der Waals surface area contributed by atoms with Crippen molar-refractivity contribution in [2.45, 2.75) is 19.8 Å². The van der Waals surface area contributed by atoms with Gasteiger partial charge in [-0.25, -0.2) is 4.98 Å². The summed E-state index contributed by atoms with van der Waals surface area (Å²) >= 11 is 5.04. The predicted octanol–water partition coefficient (Wildman–Crippen LogP) is 1.97. The number of H-pyrrole nitrogens is 2. The average molecular weight is 194 g/mol. The molecule has 4 nitrogen and oxygen atoms in total. The number of nitrogens with zero attached hydrogens (tertiary/aromatic N) is 2. The molecule has 0 amide bonds. The molecular weight excluding hydrogens is 184 g/mol. The molecule has 2 N–H and O–H groups in total. The quantitative estimate of drug-likeness (QED) is 0.718. The second-order valence-electron chi connectivity index (χ2n) is 2.88. The third-order valence-corrected chi connectivity index (χ3v) is 2.23. The van der Waals surface area contributed by atoms with E-state index in [1.807, 2.05) is 0 Å². The van der Waals surface area contributed by atoms with Gasteiger partial charge in [-0.2, -0.15) is 5.10 Å². The Hall–Kier alpha value is -1.23. The Morgan fingerprint density at radius 2 is 2.38 bits per heavy atom. The van der Waals surface area contributed by atoms with Crippen molar-refractivity contribution in [2.24, 2.45) is 0 Å². The van der Waals surface area contributed by atoms with Gasteiger partial charge in [0.1, 0.15) is 5.52 Å². The second kappa shape index (κ2) is 3.26. The Morgan fingerprint density at radius 3 is 3.15 bits per heavy atom. The summed E-state index contributed by atoms with van der Waals surface area (Å²) in [5, 5.41) is 7.08. The van der Waals surface area contributed by atoms with Gasteiger partial charge in [0.2, 0.25) is 0 Å². The largest absolute Gasteiger partial charge is 0.343 e. The number of hydrogen-bond donors (Lipinski definition) is 2. The first kappa shape index (κ1) is 8.37. The SMILES string of the molecule is CCCc1[nH]nc2c(=S)nc[nH]c12. The van der Waals surface area contributed by atoms with Gasteiger partial charge in [0.05, 0.1) is 17.5 Å². The van der Waals surface area contributed by atoms with Crippen molar-refractivity contribution in [3.8, 4) is 0 Å². The maximum Gasteiger partial charge on any atom is 0.157 e. The second-order valence-corrected chi connectivity index (χ2v) is 3.27. The van der Waals surface area contributed by atoms with E-state index in [0.29, 0.717) is 4.64 Å². The van der Waals surface area contributed by atoms with E-state index in [9.17, 15) is 0 Å². The lowest BCUT2D eigenvalue weighted by molar-refractivity contribution is 0.871. The first-order valence-electron chi connectivity index (χ1n) is 4.23. The summed E-state index contributed by atoms with van der Waals surface area (Å²) in [5.41, 5.74) is 2.86. The van der Waals surface area contributed by atoms with Crippen LogP contribution >= 0.6 is 12.2 Å². The van der Waals surface area contributed by atoms with Crippen LogP contribution in [0.1, 0.15) is 19.0 Å². The Kier molecular flexibility index (Phi) is 2.10. The number of aromatic amines is 2. The maximum atomic E-state index is 5.04. The number of rotatable bonds is 2. The summed E-state index contributed by atoms with van der Waals surface area (Å²) < 4.78 is 0.548. The van der Waals surface area contributed by atoms with Crippen molar-refractivity contribution in [2.75, 3.05) is 0 Å². The molecule has 5 heteroatoms. The van der Waals surface area contributed by atoms with Crippen molar-refractivity contribution < 1.29 is 0 Å². The molecule has 0 aliphatic carbocycles. The topological polar surface area (TPSA) is 57.4 Å². The van der Waals surface area contributed by atoms with E-state index in [1.165, 1.54) is 0 Å². The van der Waals surface area contributed by atoms with E-state index in [0.717, 1.165) is 29.6 Å². The lowest BCUT2D eigenvalue weighted by Gasteiger charge is -1.93. The standard InChI is InChI=1S/C8H10N4S/c1-2-3-5-6-7(12-11-5)8(13)10-4-9-6/h4H,2-3H2,1H3,(H,11,12)(H,9,10,13). The molecule has 0 aliphatic rings. The highest BCUT2D eigenvalue weighted by molar-refractivity contribution is 7.71. The number of hydrogen-bond acceptors (Lipinski definition) is 3. The van der Waals surface area contributed by atoms with Gasteiger partial charge < -0.3 is 4.98 Å². The zero-order valence-corrected chi connectivity index (χ0v) is 8.11. The maximum absolute atomic E-state index is 5.04. The summed E-state index contributed by atoms with van der Waals surface area (Å²) in [6.07, 6.45) is 3.67. The number of aromatic nitrogens is 4. The fourth-order valence-electron chi connectivity index (χ4n) is 1.34. The molecule has 2 rings (SSSR count). The van der Waals surface area contributed by atoms with E-state index in [-0.39, 0.29) is 0 Å². The smallest absolute Gasteiger partial charge is 0.157 e. The molecule has 2 aromatic rings. The molecule has 0 radical (unpaired) electrons. The Bertz CT molecular complexity index is 470. The van der Waals surface area contributed by atoms with Crippen LogP contribution in [0.5, 0.6) is 0 Å². The van der Waals surface area contributed by atoms with Crippen molar-refractivity contribution in [1.29, 1.82) is 0 Å². The fraction of sp³-hybridized carbons (Fsp3) is 0.375. The summed E-state index contributed by atoms with van der Waals surface area (Å²) in [4.78, 5) is 7.01. The lowest BCUT2D eigenvalue weighted by Crippen LogP contribution is -1.86. The van der Waals surface area contributed by atoms with Crippen molar-refractivity contribution in [3.05, 3.63) is 16.7 Å². The molecule has 0 unspecified atom stereocenters. The molecule has 2 heterocycles. The zero-order chi connectivity index (χ0) is 9.26. The van der Waals surface area contributed by atoms with Crippen LogP contribution < -0.4 is 0 Å². The van der Waals surface area contributed by atoms with Crippen molar-refractivity contribution in [3.63, 3.8) is 0 Å². The molecule has 0 fully saturated rings. The summed E-state index contributed by atoms with van der Waals surface area (Å²) in [7, 11) is 0. The van der Waals surface area contributed by atoms with Gasteiger partial charge in [-0.05, 0) is 6.42 Å². The molecule has 0 bridgehead atoms. The van der Waals surface area contributed by atoms with Gasteiger partial charge in [0.15, 0.2) is 4.64 Å². The predicted molar refractivity (Wildman–Crippen MR) is 53.1 cm³/mol. The third-order valence-electron chi connectivity index (χ3n) is 1.93. The minimum atomic E-state index is 0.548. The van der Waals surface area contributed by atoms with E-state index in [2.05, 4.69) is 27.1 Å². The normalized spacial score (nSPS) is 10.8. The molecule has 0 atom stereocenters. The first-order chi connectivity index (χ1) is 6.33. The summed E-state index contributed by atoms with van der Waals surface area (Å²) in [6, 6.07) is 0. The first-order valence-corrected chi connectivity index (χ1v) is 4.64. The van der Waals surface area contributed by atoms with Crippen LogP contribution in [-0.4, -0.2) is 20.2 Å². The van der Waals surface area contributed by atoms with Crippen LogP contribution in [0.4, 0.5) is 0 Å². The minimum Gasteiger partial charge on any atom is -0.343 e. The summed E-state index contributed by atoms with van der Waals surface area (Å²) in [6.45, 7) is 2.13. The molecule has 0 saturated carbocycles. The molecule has 2 aromatic heterocycles. The van der Waals surface area contributed by atoms with Gasteiger partial charge in [-0.15, -0.1) is 0 Å². The van der Waals surface area contributed by atoms with Gasteiger partial charge >= 0.3 is 0 Å². The molecule has 0 spiro atoms. The fourth-order valence-corrected chi connectivity index (χ4v) is 1.54. The van der Waals surface area contributed by atoms with Crippen molar-refractivity contribution in [1.82, 2.24) is 20.2 Å². The van der Waals surface area contributed by atoms with Gasteiger partial charge in [0.25, 0.3) is 0 Å². The summed E-state index contributed by atoms with van der Waals surface area (Å²) in [5.74, 6) is 0. The number of fused-ring (bicyclic) bond motifs is 1. The molecule has 0 saturated heterocycles. The highest BCUT2D eigenvalue weighted by atomic mass is 32.1. The van der Waals surface area contributed by atoms with Gasteiger partial charge in [-0.3, -0.25) is 5.10 Å². The average Bonchev–Trinajstić information content (AvgIpc) is 2.51. The van der Waals surface area contributed by atoms with Crippen LogP contribution in [0.2, 0.25) is 0 Å². The highest BCUT2D eigenvalue weighted by Crippen LogP contribution is 2.13. The van der Waals surface area contributed by atoms with Crippen LogP contribution in [0.25, 0.3) is 11.0 Å². The minimum absolute atomic E-state index is 0.548. The van der Waals surface area contributed by atoms with E-state index in [4.69, 9.17) is 12.2 Å². The monoisotopic (exact) mass is 194 g/mol. The van der Waals surface area contributed by atoms with Crippen LogP contribution in [0.3, 0.4) is 0 Å². The Morgan fingerprint density at radius 1 is 1.54 bits per heavy atom. The van der Waals surface area contributed by atoms with E-state index in [1.54, 1.807) is 6.33 Å². The third kappa shape index (κ3) is 1.35. The van der Waals surface area contributed by atoms with E-state index >= 15 is 0 Å². The van der Waals surface area contributed by atoms with Crippen molar-refractivity contribution >= 4 is 23.3 Å². The Balaban J connectivity index is 2.68. The molecule has 0 aliphatic heterocycles. The number of nitrogens with one attached hydrogen (secondary N) is 2. The molecule has 13 heavy (non-hydrogen) atoms.